The largest absolute Gasteiger partial charge is 0.354 e. The molecule has 7 nitrogen and oxygen atoms in total. The topological polar surface area (TPSA) is 70.4 Å². The van der Waals surface area contributed by atoms with Gasteiger partial charge in [-0.25, -0.2) is 4.68 Å². The monoisotopic (exact) mass is 559 g/mol. The Morgan fingerprint density at radius 2 is 1.85 bits per heavy atom. The van der Waals surface area contributed by atoms with E-state index >= 15 is 0 Å². The molecule has 0 amide bonds. The summed E-state index contributed by atoms with van der Waals surface area (Å²) in [6, 6.07) is 17.0. The van der Waals surface area contributed by atoms with Crippen LogP contribution in [-0.2, 0) is 13.1 Å². The van der Waals surface area contributed by atoms with Gasteiger partial charge in [0.25, 0.3) is 0 Å². The van der Waals surface area contributed by atoms with E-state index in [1.807, 2.05) is 30.9 Å². The molecule has 2 N–H and O–H groups in total. The van der Waals surface area contributed by atoms with Crippen molar-refractivity contribution in [2.24, 2.45) is 4.99 Å². The molecule has 1 fully saturated rings. The fourth-order valence-electron chi connectivity index (χ4n) is 4.26. The van der Waals surface area contributed by atoms with Gasteiger partial charge in [-0.1, -0.05) is 24.3 Å². The van der Waals surface area contributed by atoms with E-state index in [1.165, 1.54) is 5.56 Å². The van der Waals surface area contributed by atoms with Gasteiger partial charge in [-0.3, -0.25) is 14.9 Å². The van der Waals surface area contributed by atoms with Crippen molar-refractivity contribution in [2.75, 3.05) is 20.1 Å². The highest BCUT2D eigenvalue weighted by Crippen LogP contribution is 2.17. The molecule has 1 aliphatic heterocycles. The van der Waals surface area contributed by atoms with E-state index in [9.17, 15) is 0 Å². The molecule has 0 radical (unpaired) electrons. The molecule has 4 rings (SSSR count). The molecule has 3 aromatic rings. The molecular formula is C25H34IN7. The molecule has 1 aliphatic rings. The summed E-state index contributed by atoms with van der Waals surface area (Å²) in [4.78, 5) is 11.4. The van der Waals surface area contributed by atoms with Crippen LogP contribution < -0.4 is 10.6 Å². The van der Waals surface area contributed by atoms with Gasteiger partial charge in [-0.15, -0.1) is 24.0 Å². The summed E-state index contributed by atoms with van der Waals surface area (Å²) in [6.45, 7) is 7.84. The van der Waals surface area contributed by atoms with Gasteiger partial charge < -0.3 is 10.6 Å². The number of pyridine rings is 1. The van der Waals surface area contributed by atoms with E-state index in [-0.39, 0.29) is 24.0 Å². The van der Waals surface area contributed by atoms with Crippen molar-refractivity contribution < 1.29 is 0 Å². The maximum atomic E-state index is 4.65. The fraction of sp³-hybridized carbons (Fsp3) is 0.400. The van der Waals surface area contributed by atoms with E-state index in [1.54, 1.807) is 0 Å². The number of piperidine rings is 1. The summed E-state index contributed by atoms with van der Waals surface area (Å²) in [6.07, 6.45) is 4.05. The number of aryl methyl sites for hydroxylation is 2. The molecular weight excluding hydrogens is 525 g/mol. The summed E-state index contributed by atoms with van der Waals surface area (Å²) in [5.74, 6) is 0.844. The van der Waals surface area contributed by atoms with Crippen molar-refractivity contribution in [3.63, 3.8) is 0 Å². The molecule has 0 saturated carbocycles. The molecule has 0 aliphatic carbocycles. The van der Waals surface area contributed by atoms with Gasteiger partial charge in [-0.05, 0) is 56.5 Å². The number of para-hydroxylation sites is 1. The third-order valence-electron chi connectivity index (χ3n) is 5.94. The van der Waals surface area contributed by atoms with Gasteiger partial charge >= 0.3 is 0 Å². The van der Waals surface area contributed by atoms with Crippen LogP contribution in [0.4, 0.5) is 0 Å². The van der Waals surface area contributed by atoms with Gasteiger partial charge in [0.05, 0.1) is 17.1 Å². The highest BCUT2D eigenvalue weighted by molar-refractivity contribution is 14.0. The number of nitrogens with zero attached hydrogens (tertiary/aromatic N) is 5. The average molecular weight is 560 g/mol. The molecule has 0 spiro atoms. The Morgan fingerprint density at radius 3 is 2.52 bits per heavy atom. The first-order valence-corrected chi connectivity index (χ1v) is 11.3. The summed E-state index contributed by atoms with van der Waals surface area (Å²) >= 11 is 0. The Morgan fingerprint density at radius 1 is 1.09 bits per heavy atom. The standard InChI is InChI=1S/C25H33N7.HI/c1-19-16-20(2)32(30-19)24-10-5-4-8-21(24)17-28-25(26-3)29-22-11-14-31(15-12-22)18-23-9-6-7-13-27-23;/h4-10,13,16,22H,11-12,14-15,17-18H2,1-3H3,(H2,26,28,29);1H. The van der Waals surface area contributed by atoms with E-state index in [0.717, 1.165) is 61.2 Å². The van der Waals surface area contributed by atoms with Crippen LogP contribution in [0.3, 0.4) is 0 Å². The molecule has 176 valence electrons. The van der Waals surface area contributed by atoms with Gasteiger partial charge in [0.15, 0.2) is 5.96 Å². The van der Waals surface area contributed by atoms with Gasteiger partial charge in [0, 0.05) is 51.2 Å². The van der Waals surface area contributed by atoms with Crippen LogP contribution in [0.5, 0.6) is 0 Å². The van der Waals surface area contributed by atoms with Crippen molar-refractivity contribution in [3.05, 3.63) is 77.4 Å². The van der Waals surface area contributed by atoms with E-state index in [2.05, 4.69) is 80.0 Å². The number of aromatic nitrogens is 3. The average Bonchev–Trinajstić information content (AvgIpc) is 3.16. The number of halogens is 1. The summed E-state index contributed by atoms with van der Waals surface area (Å²) < 4.78 is 2.01. The highest BCUT2D eigenvalue weighted by Gasteiger charge is 2.20. The molecule has 2 aromatic heterocycles. The number of benzene rings is 1. The van der Waals surface area contributed by atoms with E-state index in [4.69, 9.17) is 0 Å². The number of hydrogen-bond acceptors (Lipinski definition) is 4. The predicted molar refractivity (Wildman–Crippen MR) is 144 cm³/mol. The number of guanidine groups is 1. The normalized spacial score (nSPS) is 15.2. The molecule has 3 heterocycles. The lowest BCUT2D eigenvalue weighted by atomic mass is 10.0. The van der Waals surface area contributed by atoms with Crippen molar-refractivity contribution >= 4 is 29.9 Å². The zero-order valence-corrected chi connectivity index (χ0v) is 22.0. The Labute approximate surface area is 213 Å². The molecule has 1 saturated heterocycles. The molecule has 33 heavy (non-hydrogen) atoms. The summed E-state index contributed by atoms with van der Waals surface area (Å²) in [7, 11) is 1.83. The number of rotatable bonds is 6. The second-order valence-electron chi connectivity index (χ2n) is 8.41. The second-order valence-corrected chi connectivity index (χ2v) is 8.41. The van der Waals surface area contributed by atoms with Crippen LogP contribution in [0.15, 0.2) is 59.7 Å². The van der Waals surface area contributed by atoms with Gasteiger partial charge in [0.1, 0.15) is 0 Å². The minimum atomic E-state index is 0. The second kappa shape index (κ2) is 12.1. The predicted octanol–water partition coefficient (Wildman–Crippen LogP) is 3.83. The molecule has 0 bridgehead atoms. The Bertz CT molecular complexity index is 1040. The van der Waals surface area contributed by atoms with E-state index in [0.29, 0.717) is 12.6 Å². The SMILES string of the molecule is CN=C(NCc1ccccc1-n1nc(C)cc1C)NC1CCN(Cc2ccccn2)CC1.I. The summed E-state index contributed by atoms with van der Waals surface area (Å²) in [5.41, 5.74) is 5.58. The smallest absolute Gasteiger partial charge is 0.191 e. The third-order valence-corrected chi connectivity index (χ3v) is 5.94. The Hall–Kier alpha value is -2.46. The highest BCUT2D eigenvalue weighted by atomic mass is 127. The van der Waals surface area contributed by atoms with Crippen molar-refractivity contribution in [2.45, 2.75) is 45.8 Å². The lowest BCUT2D eigenvalue weighted by molar-refractivity contribution is 0.196. The van der Waals surface area contributed by atoms with Crippen molar-refractivity contribution in [1.29, 1.82) is 0 Å². The maximum absolute atomic E-state index is 4.65. The zero-order chi connectivity index (χ0) is 22.3. The van der Waals surface area contributed by atoms with Crippen LogP contribution in [0.25, 0.3) is 5.69 Å². The summed E-state index contributed by atoms with van der Waals surface area (Å²) in [5, 5.41) is 11.8. The van der Waals surface area contributed by atoms with Crippen LogP contribution in [-0.4, -0.2) is 51.8 Å². The van der Waals surface area contributed by atoms with Gasteiger partial charge in [-0.2, -0.15) is 5.10 Å². The van der Waals surface area contributed by atoms with Crippen LogP contribution >= 0.6 is 24.0 Å². The molecule has 8 heteroatoms. The number of nitrogens with one attached hydrogen (secondary N) is 2. The number of aliphatic imine (C=N–C) groups is 1. The first kappa shape index (κ1) is 25.2. The van der Waals surface area contributed by atoms with Crippen molar-refractivity contribution in [1.82, 2.24) is 30.3 Å². The lowest BCUT2D eigenvalue weighted by Gasteiger charge is -2.32. The first-order chi connectivity index (χ1) is 15.6. The lowest BCUT2D eigenvalue weighted by Crippen LogP contribution is -2.48. The molecule has 0 atom stereocenters. The minimum Gasteiger partial charge on any atom is -0.354 e. The van der Waals surface area contributed by atoms with Crippen LogP contribution in [0.2, 0.25) is 0 Å². The third kappa shape index (κ3) is 6.77. The fourth-order valence-corrected chi connectivity index (χ4v) is 4.26. The maximum Gasteiger partial charge on any atom is 0.191 e. The van der Waals surface area contributed by atoms with Crippen LogP contribution in [0.1, 0.15) is 35.5 Å². The van der Waals surface area contributed by atoms with Gasteiger partial charge in [0.2, 0.25) is 0 Å². The van der Waals surface area contributed by atoms with Crippen molar-refractivity contribution in [3.8, 4) is 5.69 Å². The van der Waals surface area contributed by atoms with E-state index < -0.39 is 0 Å². The first-order valence-electron chi connectivity index (χ1n) is 11.3. The minimum absolute atomic E-state index is 0. The molecule has 0 unspecified atom stereocenters. The Kier molecular flexibility index (Phi) is 9.25. The quantitative estimate of drug-likeness (QED) is 0.273. The number of hydrogen-bond donors (Lipinski definition) is 2. The molecule has 1 aromatic carbocycles. The zero-order valence-electron chi connectivity index (χ0n) is 19.7. The van der Waals surface area contributed by atoms with Crippen LogP contribution in [0, 0.1) is 13.8 Å². The number of likely N-dealkylation sites (tertiary alicyclic amines) is 1. The Balaban J connectivity index is 0.00000306.